The molecule has 218 valence electrons. The number of piperidine rings is 1. The number of halogens is 6. The van der Waals surface area contributed by atoms with Gasteiger partial charge in [0.25, 0.3) is 5.91 Å². The standard InChI is InChI=1S/C27H28ClF5N2O4S/c1-40(37,38)34-26(36)21-10-20(15-2-3-15)24(11-23(21)29)39-13-14-6-18-4-5-19(7-14)35(18)12-16-8-17(27(31,32)33)9-22(28)25(16)30/h8-11,14-15,18-19H,2-7,12-13H2,1H3,(H,34,36)/t14-,18+,19-. The average Bonchev–Trinajstić information content (AvgIpc) is 3.65. The molecule has 13 heteroatoms. The summed E-state index contributed by atoms with van der Waals surface area (Å²) in [6.07, 6.45) is 0.863. The predicted octanol–water partition coefficient (Wildman–Crippen LogP) is 6.03. The number of hydrogen-bond acceptors (Lipinski definition) is 5. The third-order valence-corrected chi connectivity index (χ3v) is 8.71. The first-order chi connectivity index (χ1) is 18.7. The summed E-state index contributed by atoms with van der Waals surface area (Å²) in [5.41, 5.74) is -0.788. The van der Waals surface area contributed by atoms with Gasteiger partial charge in [0.05, 0.1) is 29.0 Å². The van der Waals surface area contributed by atoms with Crippen molar-refractivity contribution in [1.29, 1.82) is 0 Å². The molecule has 2 heterocycles. The van der Waals surface area contributed by atoms with E-state index < -0.39 is 44.3 Å². The van der Waals surface area contributed by atoms with Gasteiger partial charge < -0.3 is 4.74 Å². The highest BCUT2D eigenvalue weighted by Gasteiger charge is 2.42. The number of hydrogen-bond donors (Lipinski definition) is 1. The minimum absolute atomic E-state index is 0.0203. The van der Waals surface area contributed by atoms with Crippen LogP contribution < -0.4 is 9.46 Å². The Morgan fingerprint density at radius 2 is 1.73 bits per heavy atom. The smallest absolute Gasteiger partial charge is 0.416 e. The fraction of sp³-hybridized carbons (Fsp3) is 0.519. The molecule has 2 bridgehead atoms. The summed E-state index contributed by atoms with van der Waals surface area (Å²) >= 11 is 5.77. The first-order valence-electron chi connectivity index (χ1n) is 13.0. The predicted molar refractivity (Wildman–Crippen MR) is 138 cm³/mol. The maximum atomic E-state index is 14.8. The molecule has 2 saturated heterocycles. The van der Waals surface area contributed by atoms with Crippen LogP contribution in [0.15, 0.2) is 24.3 Å². The lowest BCUT2D eigenvalue weighted by Gasteiger charge is -2.39. The molecule has 0 radical (unpaired) electrons. The zero-order valence-corrected chi connectivity index (χ0v) is 23.1. The number of carbonyl (C=O) groups excluding carboxylic acids is 1. The van der Waals surface area contributed by atoms with Gasteiger partial charge in [-0.2, -0.15) is 13.2 Å². The van der Waals surface area contributed by atoms with Gasteiger partial charge in [0.2, 0.25) is 10.0 Å². The molecule has 2 aromatic rings. The van der Waals surface area contributed by atoms with Crippen LogP contribution in [0.2, 0.25) is 5.02 Å². The SMILES string of the molecule is CS(=O)(=O)NC(=O)c1cc(C2CC2)c(OC[C@H]2C[C@H]3CC[C@@H](C2)N3Cc2cc(C(F)(F)F)cc(Cl)c2F)cc1F. The van der Waals surface area contributed by atoms with Gasteiger partial charge in [-0.15, -0.1) is 0 Å². The minimum atomic E-state index is -4.64. The van der Waals surface area contributed by atoms with Crippen molar-refractivity contribution in [2.45, 2.75) is 69.2 Å². The van der Waals surface area contributed by atoms with Crippen molar-refractivity contribution < 1.29 is 39.9 Å². The fourth-order valence-electron chi connectivity index (χ4n) is 5.92. The number of amides is 1. The third-order valence-electron chi connectivity index (χ3n) is 7.88. The molecule has 1 amide bonds. The molecule has 40 heavy (non-hydrogen) atoms. The molecule has 3 fully saturated rings. The highest BCUT2D eigenvalue weighted by molar-refractivity contribution is 7.89. The summed E-state index contributed by atoms with van der Waals surface area (Å²) in [5, 5.41) is -0.557. The van der Waals surface area contributed by atoms with Gasteiger partial charge in [0.15, 0.2) is 0 Å². The van der Waals surface area contributed by atoms with Crippen LogP contribution in [0, 0.1) is 17.6 Å². The maximum absolute atomic E-state index is 14.8. The van der Waals surface area contributed by atoms with Crippen LogP contribution in [0.3, 0.4) is 0 Å². The number of ether oxygens (including phenoxy) is 1. The molecule has 0 spiro atoms. The third kappa shape index (κ3) is 6.38. The minimum Gasteiger partial charge on any atom is -0.493 e. The van der Waals surface area contributed by atoms with Crippen LogP contribution in [0.1, 0.15) is 71.5 Å². The van der Waals surface area contributed by atoms with E-state index in [2.05, 4.69) is 0 Å². The molecule has 3 aliphatic rings. The van der Waals surface area contributed by atoms with Crippen LogP contribution >= 0.6 is 11.6 Å². The van der Waals surface area contributed by atoms with Crippen LogP contribution in [0.5, 0.6) is 5.75 Å². The van der Waals surface area contributed by atoms with Crippen molar-refractivity contribution in [3.05, 3.63) is 63.2 Å². The van der Waals surface area contributed by atoms with Crippen LogP contribution in [-0.2, 0) is 22.7 Å². The van der Waals surface area contributed by atoms with Crippen LogP contribution in [0.4, 0.5) is 22.0 Å². The first kappa shape index (κ1) is 29.1. The Morgan fingerprint density at radius 3 is 2.30 bits per heavy atom. The highest BCUT2D eigenvalue weighted by Crippen LogP contribution is 2.46. The molecule has 6 nitrogen and oxygen atoms in total. The number of sulfonamides is 1. The van der Waals surface area contributed by atoms with Gasteiger partial charge in [-0.1, -0.05) is 11.6 Å². The molecule has 5 rings (SSSR count). The molecule has 1 N–H and O–H groups in total. The van der Waals surface area contributed by atoms with E-state index in [1.165, 1.54) is 6.07 Å². The van der Waals surface area contributed by atoms with Crippen LogP contribution in [-0.4, -0.2) is 44.2 Å². The molecule has 2 aliphatic heterocycles. The highest BCUT2D eigenvalue weighted by atomic mass is 35.5. The van der Waals surface area contributed by atoms with E-state index in [0.29, 0.717) is 30.2 Å². The summed E-state index contributed by atoms with van der Waals surface area (Å²) in [5.74, 6) is -2.29. The quantitative estimate of drug-likeness (QED) is 0.372. The summed E-state index contributed by atoms with van der Waals surface area (Å²) in [6.45, 7) is 0.297. The average molecular weight is 607 g/mol. The van der Waals surface area contributed by atoms with E-state index in [-0.39, 0.29) is 48.2 Å². The topological polar surface area (TPSA) is 75.7 Å². The van der Waals surface area contributed by atoms with Crippen molar-refractivity contribution in [3.63, 3.8) is 0 Å². The number of nitrogens with zero attached hydrogens (tertiary/aromatic N) is 1. The lowest BCUT2D eigenvalue weighted by atomic mass is 9.90. The molecule has 0 aromatic heterocycles. The van der Waals surface area contributed by atoms with Gasteiger partial charge in [-0.05, 0) is 74.1 Å². The Morgan fingerprint density at radius 1 is 1.07 bits per heavy atom. The normalized spacial score (nSPS) is 23.3. The van der Waals surface area contributed by atoms with E-state index in [0.717, 1.165) is 44.1 Å². The molecule has 2 aromatic carbocycles. The number of benzene rings is 2. The second kappa shape index (κ2) is 10.8. The molecule has 0 unspecified atom stereocenters. The Kier molecular flexibility index (Phi) is 7.82. The Balaban J connectivity index is 1.26. The van der Waals surface area contributed by atoms with Crippen molar-refractivity contribution in [1.82, 2.24) is 9.62 Å². The zero-order valence-electron chi connectivity index (χ0n) is 21.5. The summed E-state index contributed by atoms with van der Waals surface area (Å²) < 4.78 is 99.9. The fourth-order valence-corrected chi connectivity index (χ4v) is 6.60. The van der Waals surface area contributed by atoms with Crippen molar-refractivity contribution in [3.8, 4) is 5.75 Å². The number of rotatable bonds is 8. The largest absolute Gasteiger partial charge is 0.493 e. The Hall–Kier alpha value is -2.44. The summed E-state index contributed by atoms with van der Waals surface area (Å²) in [4.78, 5) is 14.3. The van der Waals surface area contributed by atoms with Crippen molar-refractivity contribution in [2.24, 2.45) is 5.92 Å². The molecule has 1 aliphatic carbocycles. The Labute approximate surface area is 233 Å². The van der Waals surface area contributed by atoms with Gasteiger partial charge in [0, 0.05) is 30.3 Å². The maximum Gasteiger partial charge on any atom is 0.416 e. The van der Waals surface area contributed by atoms with Gasteiger partial charge in [0.1, 0.15) is 17.4 Å². The Bertz CT molecular complexity index is 1420. The van der Waals surface area contributed by atoms with Crippen molar-refractivity contribution >= 4 is 27.5 Å². The van der Waals surface area contributed by atoms with E-state index in [1.807, 2.05) is 4.90 Å². The van der Waals surface area contributed by atoms with Gasteiger partial charge in [-0.3, -0.25) is 9.69 Å². The van der Waals surface area contributed by atoms with Crippen LogP contribution in [0.25, 0.3) is 0 Å². The van der Waals surface area contributed by atoms with E-state index >= 15 is 0 Å². The summed E-state index contributed by atoms with van der Waals surface area (Å²) in [7, 11) is -3.86. The van der Waals surface area contributed by atoms with Gasteiger partial charge >= 0.3 is 6.18 Å². The first-order valence-corrected chi connectivity index (χ1v) is 15.3. The molecule has 1 saturated carbocycles. The summed E-state index contributed by atoms with van der Waals surface area (Å²) in [6, 6.07) is 3.95. The van der Waals surface area contributed by atoms with Gasteiger partial charge in [-0.25, -0.2) is 21.9 Å². The molecule has 3 atom stereocenters. The zero-order chi connectivity index (χ0) is 29.0. The van der Waals surface area contributed by atoms with E-state index in [4.69, 9.17) is 16.3 Å². The number of fused-ring (bicyclic) bond motifs is 2. The molecular formula is C27H28ClF5N2O4S. The van der Waals surface area contributed by atoms with Crippen molar-refractivity contribution in [2.75, 3.05) is 12.9 Å². The lowest BCUT2D eigenvalue weighted by Crippen LogP contribution is -2.43. The van der Waals surface area contributed by atoms with E-state index in [1.54, 1.807) is 4.72 Å². The lowest BCUT2D eigenvalue weighted by molar-refractivity contribution is -0.137. The second-order valence-electron chi connectivity index (χ2n) is 11.0. The monoisotopic (exact) mass is 606 g/mol. The second-order valence-corrected chi connectivity index (χ2v) is 13.1. The number of nitrogens with one attached hydrogen (secondary N) is 1. The van der Waals surface area contributed by atoms with E-state index in [9.17, 15) is 35.2 Å². The molecular weight excluding hydrogens is 579 g/mol. The number of alkyl halides is 3. The number of carbonyl (C=O) groups is 1.